The Balaban J connectivity index is 1.44. The second-order valence-electron chi connectivity index (χ2n) is 7.62. The second kappa shape index (κ2) is 6.99. The first-order chi connectivity index (χ1) is 13.0. The van der Waals surface area contributed by atoms with Gasteiger partial charge in [0.2, 0.25) is 0 Å². The van der Waals surface area contributed by atoms with Gasteiger partial charge in [0.25, 0.3) is 0 Å². The minimum Gasteiger partial charge on any atom is -0.492 e. The molecule has 4 rings (SSSR count). The zero-order chi connectivity index (χ0) is 18.9. The molecule has 3 aromatic rings. The molecule has 1 N–H and O–H groups in total. The number of aromatic nitrogens is 3. The van der Waals surface area contributed by atoms with Crippen LogP contribution in [0.4, 0.5) is 5.82 Å². The molecule has 0 radical (unpaired) electrons. The molecule has 0 unspecified atom stereocenters. The number of anilines is 1. The standard InChI is InChI=1S/C22H24N4O/c1-15-7-8-17(12-24-15)19-11-20(26-14-25-19)23-10-9-16-5-4-6-18-21(16)27-13-22(18,2)3/h4-8,11-12,14H,9-10,13H2,1-3H3,(H,23,25,26). The quantitative estimate of drug-likeness (QED) is 0.740. The number of para-hydroxylation sites is 1. The van der Waals surface area contributed by atoms with Gasteiger partial charge in [-0.3, -0.25) is 4.98 Å². The molecule has 1 aromatic carbocycles. The number of aryl methyl sites for hydroxylation is 1. The Labute approximate surface area is 159 Å². The van der Waals surface area contributed by atoms with Gasteiger partial charge in [-0.2, -0.15) is 0 Å². The summed E-state index contributed by atoms with van der Waals surface area (Å²) in [5, 5.41) is 3.40. The Hall–Kier alpha value is -2.95. The number of ether oxygens (including phenoxy) is 1. The van der Waals surface area contributed by atoms with E-state index in [9.17, 15) is 0 Å². The Morgan fingerprint density at radius 1 is 1.11 bits per heavy atom. The summed E-state index contributed by atoms with van der Waals surface area (Å²) in [5.74, 6) is 1.87. The summed E-state index contributed by atoms with van der Waals surface area (Å²) >= 11 is 0. The lowest BCUT2D eigenvalue weighted by Crippen LogP contribution is -2.18. The van der Waals surface area contributed by atoms with E-state index in [4.69, 9.17) is 4.74 Å². The third-order valence-corrected chi connectivity index (χ3v) is 4.98. The van der Waals surface area contributed by atoms with Crippen LogP contribution in [0, 0.1) is 6.92 Å². The van der Waals surface area contributed by atoms with Crippen molar-refractivity contribution >= 4 is 5.82 Å². The van der Waals surface area contributed by atoms with Gasteiger partial charge in [0.15, 0.2) is 0 Å². The zero-order valence-corrected chi connectivity index (χ0v) is 16.0. The SMILES string of the molecule is Cc1ccc(-c2cc(NCCc3cccc4c3OCC4(C)C)ncn2)cn1. The molecular formula is C22H24N4O. The number of nitrogens with zero attached hydrogens (tertiary/aromatic N) is 3. The predicted molar refractivity (Wildman–Crippen MR) is 107 cm³/mol. The summed E-state index contributed by atoms with van der Waals surface area (Å²) in [6.07, 6.45) is 4.31. The number of hydrogen-bond acceptors (Lipinski definition) is 5. The molecule has 3 heterocycles. The Morgan fingerprint density at radius 2 is 2.00 bits per heavy atom. The first kappa shape index (κ1) is 17.5. The van der Waals surface area contributed by atoms with E-state index in [-0.39, 0.29) is 5.41 Å². The zero-order valence-electron chi connectivity index (χ0n) is 16.0. The third-order valence-electron chi connectivity index (χ3n) is 4.98. The first-order valence-electron chi connectivity index (χ1n) is 9.27. The number of fused-ring (bicyclic) bond motifs is 1. The van der Waals surface area contributed by atoms with Gasteiger partial charge < -0.3 is 10.1 Å². The Kier molecular flexibility index (Phi) is 4.52. The summed E-state index contributed by atoms with van der Waals surface area (Å²) < 4.78 is 5.97. The minimum absolute atomic E-state index is 0.0857. The van der Waals surface area contributed by atoms with Crippen LogP contribution in [0.2, 0.25) is 0 Å². The maximum Gasteiger partial charge on any atom is 0.129 e. The molecule has 5 heteroatoms. The molecule has 2 aromatic heterocycles. The van der Waals surface area contributed by atoms with Crippen LogP contribution in [0.25, 0.3) is 11.3 Å². The molecule has 138 valence electrons. The van der Waals surface area contributed by atoms with Crippen molar-refractivity contribution in [3.63, 3.8) is 0 Å². The van der Waals surface area contributed by atoms with Crippen LogP contribution in [0.5, 0.6) is 5.75 Å². The molecule has 0 atom stereocenters. The molecule has 1 aliphatic rings. The van der Waals surface area contributed by atoms with Crippen molar-refractivity contribution in [2.75, 3.05) is 18.5 Å². The fourth-order valence-electron chi connectivity index (χ4n) is 3.37. The maximum atomic E-state index is 5.97. The number of pyridine rings is 1. The molecule has 0 saturated heterocycles. The number of benzene rings is 1. The highest BCUT2D eigenvalue weighted by atomic mass is 16.5. The Morgan fingerprint density at radius 3 is 2.81 bits per heavy atom. The smallest absolute Gasteiger partial charge is 0.129 e. The molecule has 0 bridgehead atoms. The van der Waals surface area contributed by atoms with Crippen LogP contribution in [0.3, 0.4) is 0 Å². The van der Waals surface area contributed by atoms with Gasteiger partial charge in [0, 0.05) is 41.0 Å². The first-order valence-corrected chi connectivity index (χ1v) is 9.27. The van der Waals surface area contributed by atoms with Crippen LogP contribution in [-0.4, -0.2) is 28.1 Å². The molecule has 5 nitrogen and oxygen atoms in total. The highest BCUT2D eigenvalue weighted by molar-refractivity contribution is 5.61. The van der Waals surface area contributed by atoms with Gasteiger partial charge in [-0.05, 0) is 31.0 Å². The van der Waals surface area contributed by atoms with Crippen molar-refractivity contribution in [1.82, 2.24) is 15.0 Å². The van der Waals surface area contributed by atoms with E-state index < -0.39 is 0 Å². The van der Waals surface area contributed by atoms with Crippen LogP contribution in [-0.2, 0) is 11.8 Å². The van der Waals surface area contributed by atoms with E-state index in [2.05, 4.69) is 52.3 Å². The van der Waals surface area contributed by atoms with Crippen molar-refractivity contribution in [3.05, 3.63) is 65.7 Å². The largest absolute Gasteiger partial charge is 0.492 e. The van der Waals surface area contributed by atoms with Gasteiger partial charge in [-0.25, -0.2) is 9.97 Å². The van der Waals surface area contributed by atoms with E-state index in [1.54, 1.807) is 6.33 Å². The van der Waals surface area contributed by atoms with E-state index in [0.29, 0.717) is 0 Å². The summed E-state index contributed by atoms with van der Waals surface area (Å²) in [6, 6.07) is 12.4. The van der Waals surface area contributed by atoms with Gasteiger partial charge in [-0.15, -0.1) is 0 Å². The summed E-state index contributed by atoms with van der Waals surface area (Å²) in [7, 11) is 0. The highest BCUT2D eigenvalue weighted by Crippen LogP contribution is 2.40. The van der Waals surface area contributed by atoms with Gasteiger partial charge in [0.1, 0.15) is 17.9 Å². The fourth-order valence-corrected chi connectivity index (χ4v) is 3.37. The molecule has 0 aliphatic carbocycles. The summed E-state index contributed by atoms with van der Waals surface area (Å²) in [6.45, 7) is 7.95. The number of rotatable bonds is 5. The normalized spacial score (nSPS) is 14.5. The predicted octanol–water partition coefficient (Wildman–Crippen LogP) is 4.17. The lowest BCUT2D eigenvalue weighted by molar-refractivity contribution is 0.289. The average Bonchev–Trinajstić information content (AvgIpc) is 2.99. The monoisotopic (exact) mass is 360 g/mol. The molecule has 0 saturated carbocycles. The fraction of sp³-hybridized carbons (Fsp3) is 0.318. The number of hydrogen-bond donors (Lipinski definition) is 1. The number of nitrogens with one attached hydrogen (secondary N) is 1. The Bertz CT molecular complexity index is 951. The van der Waals surface area contributed by atoms with Crippen LogP contribution in [0.15, 0.2) is 48.9 Å². The van der Waals surface area contributed by atoms with Gasteiger partial charge in [-0.1, -0.05) is 32.0 Å². The highest BCUT2D eigenvalue weighted by Gasteiger charge is 2.32. The second-order valence-corrected chi connectivity index (χ2v) is 7.62. The van der Waals surface area contributed by atoms with Crippen LogP contribution >= 0.6 is 0 Å². The molecule has 0 spiro atoms. The van der Waals surface area contributed by atoms with Crippen molar-refractivity contribution in [3.8, 4) is 17.0 Å². The van der Waals surface area contributed by atoms with Crippen LogP contribution in [0.1, 0.15) is 30.7 Å². The van der Waals surface area contributed by atoms with E-state index in [0.717, 1.165) is 48.1 Å². The topological polar surface area (TPSA) is 59.9 Å². The van der Waals surface area contributed by atoms with Gasteiger partial charge >= 0.3 is 0 Å². The lowest BCUT2D eigenvalue weighted by Gasteiger charge is -2.15. The van der Waals surface area contributed by atoms with E-state index >= 15 is 0 Å². The van der Waals surface area contributed by atoms with Crippen LogP contribution < -0.4 is 10.1 Å². The third kappa shape index (κ3) is 3.63. The average molecular weight is 360 g/mol. The van der Waals surface area contributed by atoms with Gasteiger partial charge in [0.05, 0.1) is 12.3 Å². The van der Waals surface area contributed by atoms with E-state index in [1.807, 2.05) is 31.3 Å². The van der Waals surface area contributed by atoms with E-state index in [1.165, 1.54) is 11.1 Å². The van der Waals surface area contributed by atoms with Crippen molar-refractivity contribution in [2.24, 2.45) is 0 Å². The maximum absolute atomic E-state index is 5.97. The van der Waals surface area contributed by atoms with Crippen molar-refractivity contribution < 1.29 is 4.74 Å². The summed E-state index contributed by atoms with van der Waals surface area (Å²) in [4.78, 5) is 13.0. The minimum atomic E-state index is 0.0857. The molecular weight excluding hydrogens is 336 g/mol. The molecule has 1 aliphatic heterocycles. The van der Waals surface area contributed by atoms with Crippen molar-refractivity contribution in [2.45, 2.75) is 32.6 Å². The molecule has 0 amide bonds. The molecule has 0 fully saturated rings. The summed E-state index contributed by atoms with van der Waals surface area (Å²) in [5.41, 5.74) is 5.47. The molecule has 27 heavy (non-hydrogen) atoms. The van der Waals surface area contributed by atoms with Crippen molar-refractivity contribution in [1.29, 1.82) is 0 Å². The lowest BCUT2D eigenvalue weighted by atomic mass is 9.86.